The van der Waals surface area contributed by atoms with E-state index in [0.717, 1.165) is 37.9 Å². The lowest BCUT2D eigenvalue weighted by molar-refractivity contribution is -0.139. The molecule has 0 aromatic heterocycles. The van der Waals surface area contributed by atoms with Crippen LogP contribution in [-0.4, -0.2) is 47.8 Å². The van der Waals surface area contributed by atoms with Crippen LogP contribution in [0.5, 0.6) is 0 Å². The standard InChI is InChI=1S/C24H28ClN3O2/c1-17-10-13-27(14-11-17)24(30)23-21-5-3-2-4-18(21)12-15-28(23)16-22(29)26-20-8-6-19(25)7-9-20/h2-9,17,23H,10-16H2,1H3,(H,26,29)/t23-/m0/s1. The molecule has 0 aliphatic carbocycles. The monoisotopic (exact) mass is 425 g/mol. The second-order valence-corrected chi connectivity index (χ2v) is 8.82. The normalized spacial score (nSPS) is 19.9. The highest BCUT2D eigenvalue weighted by atomic mass is 35.5. The van der Waals surface area contributed by atoms with Gasteiger partial charge < -0.3 is 10.2 Å². The number of halogens is 1. The third-order valence-electron chi connectivity index (χ3n) is 6.19. The van der Waals surface area contributed by atoms with Gasteiger partial charge in [0.05, 0.1) is 6.54 Å². The summed E-state index contributed by atoms with van der Waals surface area (Å²) < 4.78 is 0. The van der Waals surface area contributed by atoms with Crippen LogP contribution in [0, 0.1) is 5.92 Å². The second-order valence-electron chi connectivity index (χ2n) is 8.38. The molecule has 2 aromatic carbocycles. The zero-order valence-electron chi connectivity index (χ0n) is 17.3. The quantitative estimate of drug-likeness (QED) is 0.801. The summed E-state index contributed by atoms with van der Waals surface area (Å²) in [5.41, 5.74) is 2.94. The Kier molecular flexibility index (Phi) is 6.40. The summed E-state index contributed by atoms with van der Waals surface area (Å²) in [5.74, 6) is 0.657. The van der Waals surface area contributed by atoms with Crippen LogP contribution in [0.1, 0.15) is 36.9 Å². The van der Waals surface area contributed by atoms with Crippen LogP contribution < -0.4 is 5.32 Å². The smallest absolute Gasteiger partial charge is 0.244 e. The number of rotatable bonds is 4. The van der Waals surface area contributed by atoms with Crippen molar-refractivity contribution in [2.75, 3.05) is 31.5 Å². The number of benzene rings is 2. The fourth-order valence-electron chi connectivity index (χ4n) is 4.40. The molecule has 5 nitrogen and oxygen atoms in total. The van der Waals surface area contributed by atoms with Gasteiger partial charge in [0.25, 0.3) is 0 Å². The number of nitrogens with zero attached hydrogens (tertiary/aromatic N) is 2. The summed E-state index contributed by atoms with van der Waals surface area (Å²) >= 11 is 5.93. The Morgan fingerprint density at radius 2 is 1.73 bits per heavy atom. The molecule has 1 atom stereocenters. The molecule has 158 valence electrons. The number of anilines is 1. The highest BCUT2D eigenvalue weighted by Crippen LogP contribution is 2.32. The molecule has 2 heterocycles. The number of carbonyl (C=O) groups excluding carboxylic acids is 2. The van der Waals surface area contributed by atoms with Gasteiger partial charge >= 0.3 is 0 Å². The van der Waals surface area contributed by atoms with Crippen LogP contribution in [0.2, 0.25) is 5.02 Å². The molecule has 30 heavy (non-hydrogen) atoms. The van der Waals surface area contributed by atoms with Gasteiger partial charge in [0.1, 0.15) is 6.04 Å². The summed E-state index contributed by atoms with van der Waals surface area (Å²) in [7, 11) is 0. The van der Waals surface area contributed by atoms with Gasteiger partial charge in [-0.15, -0.1) is 0 Å². The van der Waals surface area contributed by atoms with Crippen LogP contribution in [0.4, 0.5) is 5.69 Å². The van der Waals surface area contributed by atoms with Gasteiger partial charge in [0.2, 0.25) is 11.8 Å². The van der Waals surface area contributed by atoms with Crippen LogP contribution in [0.25, 0.3) is 0 Å². The minimum absolute atomic E-state index is 0.119. The zero-order chi connectivity index (χ0) is 21.1. The minimum atomic E-state index is -0.403. The summed E-state index contributed by atoms with van der Waals surface area (Å²) in [6.07, 6.45) is 2.92. The average Bonchev–Trinajstić information content (AvgIpc) is 2.75. The van der Waals surface area contributed by atoms with E-state index in [2.05, 4.69) is 18.3 Å². The van der Waals surface area contributed by atoms with Crippen molar-refractivity contribution in [2.45, 2.75) is 32.2 Å². The summed E-state index contributed by atoms with van der Waals surface area (Å²) in [6.45, 7) is 4.70. The largest absolute Gasteiger partial charge is 0.341 e. The van der Waals surface area contributed by atoms with Gasteiger partial charge in [-0.05, 0) is 60.6 Å². The third-order valence-corrected chi connectivity index (χ3v) is 6.44. The molecule has 2 aliphatic rings. The maximum Gasteiger partial charge on any atom is 0.244 e. The van der Waals surface area contributed by atoms with Crippen molar-refractivity contribution in [1.29, 1.82) is 0 Å². The lowest BCUT2D eigenvalue weighted by Crippen LogP contribution is -2.50. The van der Waals surface area contributed by atoms with E-state index in [4.69, 9.17) is 11.6 Å². The Morgan fingerprint density at radius 3 is 2.47 bits per heavy atom. The second kappa shape index (κ2) is 9.19. The molecule has 2 amide bonds. The van der Waals surface area contributed by atoms with E-state index < -0.39 is 6.04 Å². The molecule has 1 N–H and O–H groups in total. The van der Waals surface area contributed by atoms with Gasteiger partial charge in [0, 0.05) is 30.3 Å². The highest BCUT2D eigenvalue weighted by molar-refractivity contribution is 6.30. The predicted molar refractivity (Wildman–Crippen MR) is 120 cm³/mol. The molecule has 2 aliphatic heterocycles. The lowest BCUT2D eigenvalue weighted by Gasteiger charge is -2.40. The van der Waals surface area contributed by atoms with Crippen molar-refractivity contribution < 1.29 is 9.59 Å². The van der Waals surface area contributed by atoms with Crippen LogP contribution in [0.15, 0.2) is 48.5 Å². The number of amides is 2. The van der Waals surface area contributed by atoms with Crippen molar-refractivity contribution in [2.24, 2.45) is 5.92 Å². The molecule has 2 aromatic rings. The molecular formula is C24H28ClN3O2. The van der Waals surface area contributed by atoms with E-state index >= 15 is 0 Å². The number of nitrogens with one attached hydrogen (secondary N) is 1. The number of carbonyl (C=O) groups is 2. The topological polar surface area (TPSA) is 52.7 Å². The van der Waals surface area contributed by atoms with Gasteiger partial charge in [-0.25, -0.2) is 0 Å². The number of likely N-dealkylation sites (tertiary alicyclic amines) is 1. The summed E-state index contributed by atoms with van der Waals surface area (Å²) in [5, 5.41) is 3.55. The van der Waals surface area contributed by atoms with Gasteiger partial charge in [-0.2, -0.15) is 0 Å². The van der Waals surface area contributed by atoms with E-state index in [-0.39, 0.29) is 18.4 Å². The zero-order valence-corrected chi connectivity index (χ0v) is 18.1. The predicted octanol–water partition coefficient (Wildman–Crippen LogP) is 4.14. The fourth-order valence-corrected chi connectivity index (χ4v) is 4.52. The molecule has 0 spiro atoms. The van der Waals surface area contributed by atoms with Gasteiger partial charge in [-0.1, -0.05) is 42.8 Å². The van der Waals surface area contributed by atoms with Crippen molar-refractivity contribution in [3.8, 4) is 0 Å². The van der Waals surface area contributed by atoms with E-state index in [1.807, 2.05) is 28.0 Å². The number of piperidine rings is 1. The van der Waals surface area contributed by atoms with Crippen LogP contribution >= 0.6 is 11.6 Å². The number of hydrogen-bond acceptors (Lipinski definition) is 3. The minimum Gasteiger partial charge on any atom is -0.341 e. The van der Waals surface area contributed by atoms with Crippen molar-refractivity contribution in [3.63, 3.8) is 0 Å². The molecule has 0 saturated carbocycles. The first-order chi connectivity index (χ1) is 14.5. The first-order valence-electron chi connectivity index (χ1n) is 10.7. The molecule has 0 bridgehead atoms. The number of fused-ring (bicyclic) bond motifs is 1. The lowest BCUT2D eigenvalue weighted by atomic mass is 9.90. The Morgan fingerprint density at radius 1 is 1.03 bits per heavy atom. The Labute approximate surface area is 183 Å². The van der Waals surface area contributed by atoms with E-state index in [1.54, 1.807) is 24.3 Å². The van der Waals surface area contributed by atoms with E-state index in [9.17, 15) is 9.59 Å². The Balaban J connectivity index is 1.52. The molecular weight excluding hydrogens is 398 g/mol. The summed E-state index contributed by atoms with van der Waals surface area (Å²) in [6, 6.07) is 14.8. The molecule has 0 radical (unpaired) electrons. The maximum atomic E-state index is 13.5. The molecule has 0 unspecified atom stereocenters. The van der Waals surface area contributed by atoms with Crippen molar-refractivity contribution in [1.82, 2.24) is 9.80 Å². The number of hydrogen-bond donors (Lipinski definition) is 1. The van der Waals surface area contributed by atoms with E-state index in [0.29, 0.717) is 23.2 Å². The van der Waals surface area contributed by atoms with Gasteiger partial charge in [0.15, 0.2) is 0 Å². The average molecular weight is 426 g/mol. The molecule has 1 saturated heterocycles. The summed E-state index contributed by atoms with van der Waals surface area (Å²) in [4.78, 5) is 30.3. The molecule has 6 heteroatoms. The third kappa shape index (κ3) is 4.68. The first-order valence-corrected chi connectivity index (χ1v) is 11.0. The van der Waals surface area contributed by atoms with Crippen LogP contribution in [0.3, 0.4) is 0 Å². The SMILES string of the molecule is CC1CCN(C(=O)[C@@H]2c3ccccc3CCN2CC(=O)Nc2ccc(Cl)cc2)CC1. The Hall–Kier alpha value is -2.37. The first kappa shape index (κ1) is 20.9. The van der Waals surface area contributed by atoms with Crippen molar-refractivity contribution >= 4 is 29.1 Å². The van der Waals surface area contributed by atoms with E-state index in [1.165, 1.54) is 5.56 Å². The Bertz CT molecular complexity index is 907. The van der Waals surface area contributed by atoms with Crippen LogP contribution in [-0.2, 0) is 16.0 Å². The van der Waals surface area contributed by atoms with Gasteiger partial charge in [-0.3, -0.25) is 14.5 Å². The maximum absolute atomic E-state index is 13.5. The van der Waals surface area contributed by atoms with Crippen molar-refractivity contribution in [3.05, 3.63) is 64.7 Å². The fraction of sp³-hybridized carbons (Fsp3) is 0.417. The molecule has 1 fully saturated rings. The molecule has 4 rings (SSSR count). The highest BCUT2D eigenvalue weighted by Gasteiger charge is 2.37.